The van der Waals surface area contributed by atoms with Crippen LogP contribution in [0.25, 0.3) is 0 Å². The van der Waals surface area contributed by atoms with Crippen molar-refractivity contribution in [2.45, 2.75) is 13.3 Å². The summed E-state index contributed by atoms with van der Waals surface area (Å²) in [5.74, 6) is -0.342. The van der Waals surface area contributed by atoms with Gasteiger partial charge >= 0.3 is 5.97 Å². The number of hydrogen-bond donors (Lipinski definition) is 2. The molecule has 2 rings (SSSR count). The van der Waals surface area contributed by atoms with E-state index in [1.807, 2.05) is 24.3 Å². The van der Waals surface area contributed by atoms with Gasteiger partial charge in [-0.25, -0.2) is 4.79 Å². The molecule has 0 spiro atoms. The number of nitrogens with one attached hydrogen (secondary N) is 2. The number of anilines is 1. The average Bonchev–Trinajstić information content (AvgIpc) is 2.56. The van der Waals surface area contributed by atoms with Gasteiger partial charge in [0.15, 0.2) is 5.11 Å². The van der Waals surface area contributed by atoms with Crippen molar-refractivity contribution in [3.63, 3.8) is 0 Å². The van der Waals surface area contributed by atoms with Crippen molar-refractivity contribution in [3.8, 4) is 0 Å². The second kappa shape index (κ2) is 8.85. The first kappa shape index (κ1) is 16.9. The molecule has 0 atom stereocenters. The molecule has 0 radical (unpaired) electrons. The van der Waals surface area contributed by atoms with Crippen LogP contribution in [0.15, 0.2) is 48.7 Å². The number of ether oxygens (including phenoxy) is 1. The Morgan fingerprint density at radius 1 is 1.26 bits per heavy atom. The Morgan fingerprint density at radius 2 is 2.13 bits per heavy atom. The lowest BCUT2D eigenvalue weighted by atomic mass is 10.2. The van der Waals surface area contributed by atoms with Gasteiger partial charge in [0.2, 0.25) is 0 Å². The van der Waals surface area contributed by atoms with Crippen molar-refractivity contribution >= 4 is 29.0 Å². The van der Waals surface area contributed by atoms with E-state index in [1.165, 1.54) is 0 Å². The third kappa shape index (κ3) is 5.67. The van der Waals surface area contributed by atoms with E-state index < -0.39 is 0 Å². The van der Waals surface area contributed by atoms with Gasteiger partial charge in [-0.15, -0.1) is 0 Å². The van der Waals surface area contributed by atoms with Crippen LogP contribution in [0.3, 0.4) is 0 Å². The largest absolute Gasteiger partial charge is 0.462 e. The molecule has 0 amide bonds. The number of benzene rings is 1. The van der Waals surface area contributed by atoms with Crippen molar-refractivity contribution in [2.24, 2.45) is 0 Å². The molecule has 0 saturated heterocycles. The van der Waals surface area contributed by atoms with Crippen LogP contribution in [-0.4, -0.2) is 29.2 Å². The van der Waals surface area contributed by atoms with Gasteiger partial charge in [0.05, 0.1) is 12.2 Å². The summed E-state index contributed by atoms with van der Waals surface area (Å²) in [5, 5.41) is 6.68. The second-order valence-electron chi connectivity index (χ2n) is 4.75. The number of nitrogens with zero attached hydrogens (tertiary/aromatic N) is 1. The molecule has 0 aliphatic rings. The average molecular weight is 329 g/mol. The minimum Gasteiger partial charge on any atom is -0.462 e. The summed E-state index contributed by atoms with van der Waals surface area (Å²) in [4.78, 5) is 16.0. The number of carbonyl (C=O) groups is 1. The molecular weight excluding hydrogens is 310 g/mol. The summed E-state index contributed by atoms with van der Waals surface area (Å²) in [7, 11) is 0. The third-order valence-electron chi connectivity index (χ3n) is 3.02. The zero-order valence-corrected chi connectivity index (χ0v) is 13.7. The zero-order valence-electron chi connectivity index (χ0n) is 12.9. The van der Waals surface area contributed by atoms with Crippen LogP contribution in [0.1, 0.15) is 23.0 Å². The van der Waals surface area contributed by atoms with E-state index in [9.17, 15) is 4.79 Å². The van der Waals surface area contributed by atoms with Crippen LogP contribution in [0.4, 0.5) is 5.69 Å². The van der Waals surface area contributed by atoms with E-state index in [2.05, 4.69) is 15.6 Å². The maximum absolute atomic E-state index is 11.7. The van der Waals surface area contributed by atoms with Crippen LogP contribution < -0.4 is 10.6 Å². The number of thiocarbonyl (C=S) groups is 1. The first-order valence-corrected chi connectivity index (χ1v) is 7.82. The molecule has 120 valence electrons. The van der Waals surface area contributed by atoms with Crippen LogP contribution >= 0.6 is 12.2 Å². The number of aromatic nitrogens is 1. The lowest BCUT2D eigenvalue weighted by Gasteiger charge is -2.11. The van der Waals surface area contributed by atoms with Crippen LogP contribution in [0.5, 0.6) is 0 Å². The number of carbonyl (C=O) groups excluding carboxylic acids is 1. The first-order valence-electron chi connectivity index (χ1n) is 7.41. The number of rotatable bonds is 6. The van der Waals surface area contributed by atoms with Crippen molar-refractivity contribution in [2.75, 3.05) is 18.5 Å². The first-order chi connectivity index (χ1) is 11.2. The maximum atomic E-state index is 11.7. The molecule has 0 unspecified atom stereocenters. The van der Waals surface area contributed by atoms with E-state index >= 15 is 0 Å². The monoisotopic (exact) mass is 329 g/mol. The summed E-state index contributed by atoms with van der Waals surface area (Å²) in [6, 6.07) is 12.9. The maximum Gasteiger partial charge on any atom is 0.338 e. The fourth-order valence-electron chi connectivity index (χ4n) is 1.96. The summed E-state index contributed by atoms with van der Waals surface area (Å²) < 4.78 is 4.98. The lowest BCUT2D eigenvalue weighted by Crippen LogP contribution is -2.30. The summed E-state index contributed by atoms with van der Waals surface area (Å²) in [5.41, 5.74) is 2.24. The second-order valence-corrected chi connectivity index (χ2v) is 5.16. The molecule has 0 bridgehead atoms. The topological polar surface area (TPSA) is 63.2 Å². The molecule has 0 aliphatic heterocycles. The van der Waals surface area contributed by atoms with Gasteiger partial charge in [0, 0.05) is 30.5 Å². The highest BCUT2D eigenvalue weighted by Gasteiger charge is 2.07. The van der Waals surface area contributed by atoms with Gasteiger partial charge in [0.1, 0.15) is 0 Å². The molecule has 2 N–H and O–H groups in total. The van der Waals surface area contributed by atoms with E-state index in [1.54, 1.807) is 31.3 Å². The van der Waals surface area contributed by atoms with Gasteiger partial charge in [-0.2, -0.15) is 0 Å². The van der Waals surface area contributed by atoms with Crippen molar-refractivity contribution in [3.05, 3.63) is 59.9 Å². The molecular formula is C17H19N3O2S. The van der Waals surface area contributed by atoms with Crippen molar-refractivity contribution < 1.29 is 9.53 Å². The molecule has 2 aromatic rings. The number of pyridine rings is 1. The smallest absolute Gasteiger partial charge is 0.338 e. The highest BCUT2D eigenvalue weighted by atomic mass is 32.1. The van der Waals surface area contributed by atoms with Gasteiger partial charge in [-0.1, -0.05) is 12.1 Å². The summed E-state index contributed by atoms with van der Waals surface area (Å²) >= 11 is 5.25. The van der Waals surface area contributed by atoms with Gasteiger partial charge in [-0.05, 0) is 49.5 Å². The molecule has 23 heavy (non-hydrogen) atoms. The van der Waals surface area contributed by atoms with Crippen molar-refractivity contribution in [1.82, 2.24) is 10.3 Å². The fourth-order valence-corrected chi connectivity index (χ4v) is 2.18. The van der Waals surface area contributed by atoms with E-state index in [0.717, 1.165) is 17.8 Å². The van der Waals surface area contributed by atoms with E-state index in [-0.39, 0.29) is 5.97 Å². The summed E-state index contributed by atoms with van der Waals surface area (Å²) in [6.07, 6.45) is 2.55. The Hall–Kier alpha value is -2.47. The Morgan fingerprint density at radius 3 is 2.87 bits per heavy atom. The quantitative estimate of drug-likeness (QED) is 0.628. The molecule has 5 nitrogen and oxygen atoms in total. The Labute approximate surface area is 141 Å². The SMILES string of the molecule is CCOC(=O)c1cccc(NC(=S)NCCc2ccccn2)c1. The third-order valence-corrected chi connectivity index (χ3v) is 3.27. The van der Waals surface area contributed by atoms with E-state index in [4.69, 9.17) is 17.0 Å². The molecule has 6 heteroatoms. The minimum absolute atomic E-state index is 0.342. The Kier molecular flexibility index (Phi) is 6.50. The molecule has 0 fully saturated rings. The standard InChI is InChI=1S/C17H19N3O2S/c1-2-22-16(21)13-6-5-8-15(12-13)20-17(23)19-11-9-14-7-3-4-10-18-14/h3-8,10,12H,2,9,11H2,1H3,(H2,19,20,23). The highest BCUT2D eigenvalue weighted by Crippen LogP contribution is 2.11. The molecule has 0 aliphatic carbocycles. The van der Waals surface area contributed by atoms with Crippen LogP contribution in [0.2, 0.25) is 0 Å². The number of hydrogen-bond acceptors (Lipinski definition) is 4. The summed E-state index contributed by atoms with van der Waals surface area (Å²) in [6.45, 7) is 2.81. The van der Waals surface area contributed by atoms with Gasteiger partial charge in [-0.3, -0.25) is 4.98 Å². The molecule has 0 saturated carbocycles. The fraction of sp³-hybridized carbons (Fsp3) is 0.235. The number of esters is 1. The normalized spacial score (nSPS) is 9.96. The minimum atomic E-state index is -0.342. The molecule has 1 aromatic carbocycles. The molecule has 1 heterocycles. The predicted octanol–water partition coefficient (Wildman–Crippen LogP) is 2.79. The zero-order chi connectivity index (χ0) is 16.5. The predicted molar refractivity (Wildman–Crippen MR) is 94.6 cm³/mol. The lowest BCUT2D eigenvalue weighted by molar-refractivity contribution is 0.0526. The Balaban J connectivity index is 1.83. The van der Waals surface area contributed by atoms with Gasteiger partial charge < -0.3 is 15.4 Å². The molecule has 1 aromatic heterocycles. The Bertz CT molecular complexity index is 662. The van der Waals surface area contributed by atoms with Crippen LogP contribution in [0, 0.1) is 0 Å². The van der Waals surface area contributed by atoms with E-state index in [0.29, 0.717) is 23.8 Å². The highest BCUT2D eigenvalue weighted by molar-refractivity contribution is 7.80. The van der Waals surface area contributed by atoms with Crippen LogP contribution in [-0.2, 0) is 11.2 Å². The van der Waals surface area contributed by atoms with Crippen molar-refractivity contribution in [1.29, 1.82) is 0 Å². The van der Waals surface area contributed by atoms with Gasteiger partial charge in [0.25, 0.3) is 0 Å².